The normalized spacial score (nSPS) is 10.7. The van der Waals surface area contributed by atoms with E-state index in [1.54, 1.807) is 29.8 Å². The fourth-order valence-electron chi connectivity index (χ4n) is 3.37. The van der Waals surface area contributed by atoms with Gasteiger partial charge >= 0.3 is 5.97 Å². The lowest BCUT2D eigenvalue weighted by molar-refractivity contribution is 0.0528. The highest BCUT2D eigenvalue weighted by Crippen LogP contribution is 2.31. The number of hydrogen-bond acceptors (Lipinski definition) is 5. The van der Waals surface area contributed by atoms with Crippen molar-refractivity contribution in [3.05, 3.63) is 98.5 Å². The largest absolute Gasteiger partial charge is 0.462 e. The molecule has 6 nitrogen and oxygen atoms in total. The molecule has 2 N–H and O–H groups in total. The van der Waals surface area contributed by atoms with Gasteiger partial charge in [0.15, 0.2) is 10.9 Å². The molecule has 0 aliphatic carbocycles. The van der Waals surface area contributed by atoms with E-state index >= 15 is 0 Å². The standard InChI is InChI=1S/C25H22Cl2N4O2S2/c1-2-33-24(32)20-14-19(12-16-6-4-3-5-7-16)35-23(20)29-25(34)28-22-10-11-31(30-22)15-17-8-9-18(26)13-21(17)27/h3-11,13-14H,2,12,15H2,1H3,(H2,28,29,30,34). The highest BCUT2D eigenvalue weighted by molar-refractivity contribution is 7.80. The van der Waals surface area contributed by atoms with Crippen molar-refractivity contribution in [1.82, 2.24) is 9.78 Å². The predicted octanol–water partition coefficient (Wildman–Crippen LogP) is 6.88. The van der Waals surface area contributed by atoms with Crippen molar-refractivity contribution in [3.8, 4) is 0 Å². The summed E-state index contributed by atoms with van der Waals surface area (Å²) in [4.78, 5) is 13.6. The number of hydrogen-bond donors (Lipinski definition) is 2. The molecule has 0 saturated carbocycles. The molecule has 0 fully saturated rings. The van der Waals surface area contributed by atoms with Crippen LogP contribution in [-0.2, 0) is 17.7 Å². The number of nitrogens with zero attached hydrogens (tertiary/aromatic N) is 2. The molecule has 2 heterocycles. The lowest BCUT2D eigenvalue weighted by atomic mass is 10.1. The number of nitrogens with one attached hydrogen (secondary N) is 2. The van der Waals surface area contributed by atoms with Crippen molar-refractivity contribution in [2.45, 2.75) is 19.9 Å². The zero-order chi connectivity index (χ0) is 24.8. The highest BCUT2D eigenvalue weighted by atomic mass is 35.5. The summed E-state index contributed by atoms with van der Waals surface area (Å²) >= 11 is 19.2. The summed E-state index contributed by atoms with van der Waals surface area (Å²) in [5.41, 5.74) is 2.51. The maximum Gasteiger partial charge on any atom is 0.341 e. The fourth-order valence-corrected chi connectivity index (χ4v) is 5.19. The molecule has 4 aromatic rings. The molecule has 35 heavy (non-hydrogen) atoms. The number of anilines is 2. The van der Waals surface area contributed by atoms with Crippen molar-refractivity contribution < 1.29 is 9.53 Å². The van der Waals surface area contributed by atoms with Gasteiger partial charge in [0.2, 0.25) is 0 Å². The quantitative estimate of drug-likeness (QED) is 0.186. The minimum atomic E-state index is -0.391. The minimum Gasteiger partial charge on any atom is -0.462 e. The van der Waals surface area contributed by atoms with Gasteiger partial charge in [0.05, 0.1) is 18.7 Å². The summed E-state index contributed by atoms with van der Waals surface area (Å²) in [5, 5.41) is 12.8. The molecule has 0 spiro atoms. The number of thiophene rings is 1. The van der Waals surface area contributed by atoms with Gasteiger partial charge in [-0.15, -0.1) is 11.3 Å². The van der Waals surface area contributed by atoms with Crippen LogP contribution in [0.3, 0.4) is 0 Å². The van der Waals surface area contributed by atoms with E-state index in [-0.39, 0.29) is 0 Å². The fraction of sp³-hybridized carbons (Fsp3) is 0.160. The molecule has 2 aromatic carbocycles. The average molecular weight is 546 g/mol. The van der Waals surface area contributed by atoms with Crippen molar-refractivity contribution >= 4 is 68.7 Å². The Morgan fingerprint density at radius 2 is 1.91 bits per heavy atom. The van der Waals surface area contributed by atoms with Crippen LogP contribution < -0.4 is 10.6 Å². The third-order valence-electron chi connectivity index (χ3n) is 4.96. The first-order valence-electron chi connectivity index (χ1n) is 10.8. The van der Waals surface area contributed by atoms with Crippen LogP contribution in [0.2, 0.25) is 10.0 Å². The summed E-state index contributed by atoms with van der Waals surface area (Å²) in [7, 11) is 0. The maximum atomic E-state index is 12.5. The van der Waals surface area contributed by atoms with Crippen molar-refractivity contribution in [3.63, 3.8) is 0 Å². The van der Waals surface area contributed by atoms with Gasteiger partial charge in [-0.25, -0.2) is 4.79 Å². The summed E-state index contributed by atoms with van der Waals surface area (Å²) in [5.74, 6) is 0.170. The van der Waals surface area contributed by atoms with Crippen molar-refractivity contribution in [1.29, 1.82) is 0 Å². The van der Waals surface area contributed by atoms with E-state index < -0.39 is 5.97 Å². The molecule has 0 amide bonds. The van der Waals surface area contributed by atoms with Gasteiger partial charge in [-0.3, -0.25) is 4.68 Å². The first-order chi connectivity index (χ1) is 16.9. The number of esters is 1. The Morgan fingerprint density at radius 3 is 2.66 bits per heavy atom. The second-order valence-corrected chi connectivity index (χ2v) is 9.94. The van der Waals surface area contributed by atoms with Crippen LogP contribution in [0.4, 0.5) is 10.8 Å². The first kappa shape index (κ1) is 25.2. The van der Waals surface area contributed by atoms with Crippen molar-refractivity contribution in [2.75, 3.05) is 17.2 Å². The third-order valence-corrected chi connectivity index (χ3v) is 6.80. The van der Waals surface area contributed by atoms with Gasteiger partial charge in [-0.2, -0.15) is 5.10 Å². The maximum absolute atomic E-state index is 12.5. The van der Waals surface area contributed by atoms with Gasteiger partial charge < -0.3 is 15.4 Å². The van der Waals surface area contributed by atoms with E-state index in [4.69, 9.17) is 40.2 Å². The molecule has 180 valence electrons. The van der Waals surface area contributed by atoms with Gasteiger partial charge in [0.25, 0.3) is 0 Å². The zero-order valence-electron chi connectivity index (χ0n) is 18.8. The van der Waals surface area contributed by atoms with E-state index in [1.165, 1.54) is 11.3 Å². The summed E-state index contributed by atoms with van der Waals surface area (Å²) in [6.45, 7) is 2.56. The van der Waals surface area contributed by atoms with E-state index in [0.717, 1.165) is 16.0 Å². The average Bonchev–Trinajstić information content (AvgIpc) is 3.43. The monoisotopic (exact) mass is 544 g/mol. The van der Waals surface area contributed by atoms with Gasteiger partial charge in [0.1, 0.15) is 5.00 Å². The van der Waals surface area contributed by atoms with Crippen LogP contribution in [0.1, 0.15) is 33.3 Å². The molecule has 0 unspecified atom stereocenters. The topological polar surface area (TPSA) is 68.2 Å². The number of rotatable bonds is 8. The van der Waals surface area contributed by atoms with Crippen LogP contribution >= 0.6 is 46.8 Å². The van der Waals surface area contributed by atoms with Gasteiger partial charge in [-0.1, -0.05) is 59.6 Å². The lowest BCUT2D eigenvalue weighted by Crippen LogP contribution is -2.20. The Morgan fingerprint density at radius 1 is 1.11 bits per heavy atom. The molecule has 0 aliphatic rings. The second kappa shape index (κ2) is 11.7. The van der Waals surface area contributed by atoms with Gasteiger partial charge in [-0.05, 0) is 48.5 Å². The van der Waals surface area contributed by atoms with Gasteiger partial charge in [0, 0.05) is 33.6 Å². The Balaban J connectivity index is 1.44. The minimum absolute atomic E-state index is 0.292. The number of carbonyl (C=O) groups excluding carboxylic acids is 1. The molecule has 2 aromatic heterocycles. The Bertz CT molecular complexity index is 1340. The molecule has 0 atom stereocenters. The molecule has 10 heteroatoms. The summed E-state index contributed by atoms with van der Waals surface area (Å²) in [6.07, 6.45) is 2.53. The van der Waals surface area contributed by atoms with E-state index in [2.05, 4.69) is 27.9 Å². The highest BCUT2D eigenvalue weighted by Gasteiger charge is 2.19. The van der Waals surface area contributed by atoms with Crippen LogP contribution in [0.25, 0.3) is 0 Å². The van der Waals surface area contributed by atoms with Crippen LogP contribution in [0, 0.1) is 0 Å². The third kappa shape index (κ3) is 6.82. The predicted molar refractivity (Wildman–Crippen MR) is 147 cm³/mol. The number of aromatic nitrogens is 2. The van der Waals surface area contributed by atoms with Crippen LogP contribution in [0.5, 0.6) is 0 Å². The molecular weight excluding hydrogens is 523 g/mol. The number of halogens is 2. The number of thiocarbonyl (C=S) groups is 1. The number of ether oxygens (including phenoxy) is 1. The van der Waals surface area contributed by atoms with Crippen LogP contribution in [0.15, 0.2) is 66.9 Å². The number of carbonyl (C=O) groups is 1. The van der Waals surface area contributed by atoms with E-state index in [0.29, 0.717) is 51.1 Å². The van der Waals surface area contributed by atoms with Crippen molar-refractivity contribution in [2.24, 2.45) is 0 Å². The first-order valence-corrected chi connectivity index (χ1v) is 12.8. The van der Waals surface area contributed by atoms with Crippen LogP contribution in [-0.4, -0.2) is 27.5 Å². The Kier molecular flexibility index (Phi) is 8.41. The molecular formula is C25H22Cl2N4O2S2. The molecule has 0 bridgehead atoms. The lowest BCUT2D eigenvalue weighted by Gasteiger charge is -2.09. The zero-order valence-corrected chi connectivity index (χ0v) is 21.9. The second-order valence-electron chi connectivity index (χ2n) is 7.55. The SMILES string of the molecule is CCOC(=O)c1cc(Cc2ccccc2)sc1NC(=S)Nc1ccn(Cc2ccc(Cl)cc2Cl)n1. The van der Waals surface area contributed by atoms with E-state index in [1.807, 2.05) is 36.5 Å². The Labute approximate surface area is 222 Å². The summed E-state index contributed by atoms with van der Waals surface area (Å²) < 4.78 is 6.98. The number of benzene rings is 2. The molecule has 4 rings (SSSR count). The Hall–Kier alpha value is -2.91. The van der Waals surface area contributed by atoms with E-state index in [9.17, 15) is 4.79 Å². The summed E-state index contributed by atoms with van der Waals surface area (Å²) in [6, 6.07) is 19.1. The molecule has 0 radical (unpaired) electrons. The smallest absolute Gasteiger partial charge is 0.341 e. The molecule has 0 aliphatic heterocycles. The molecule has 0 saturated heterocycles.